The topological polar surface area (TPSA) is 110 Å². The number of anilines is 1. The lowest BCUT2D eigenvalue weighted by molar-refractivity contribution is -0.113. The zero-order chi connectivity index (χ0) is 19.5. The molecule has 8 nitrogen and oxygen atoms in total. The zero-order valence-corrected chi connectivity index (χ0v) is 16.9. The first kappa shape index (κ1) is 18.9. The minimum Gasteiger partial charge on any atom is -0.462 e. The van der Waals surface area contributed by atoms with E-state index in [2.05, 4.69) is 25.3 Å². The molecule has 1 aliphatic carbocycles. The average Bonchev–Trinajstić information content (AvgIpc) is 3.30. The number of thiophene rings is 1. The van der Waals surface area contributed by atoms with Crippen LogP contribution in [0, 0.1) is 0 Å². The number of H-pyrrole nitrogens is 1. The molecule has 2 N–H and O–H groups in total. The molecule has 146 valence electrons. The van der Waals surface area contributed by atoms with Gasteiger partial charge in [0.1, 0.15) is 21.9 Å². The van der Waals surface area contributed by atoms with Crippen molar-refractivity contribution < 1.29 is 14.3 Å². The molecule has 0 atom stereocenters. The molecule has 1 aliphatic rings. The van der Waals surface area contributed by atoms with Crippen LogP contribution in [0.2, 0.25) is 0 Å². The predicted octanol–water partition coefficient (Wildman–Crippen LogP) is 3.20. The highest BCUT2D eigenvalue weighted by Crippen LogP contribution is 2.38. The van der Waals surface area contributed by atoms with Gasteiger partial charge in [-0.25, -0.2) is 19.7 Å². The molecule has 0 unspecified atom stereocenters. The minimum atomic E-state index is -0.361. The SMILES string of the molecule is CCOC(=O)c1c(NC(=O)CSc2ncnc3nc[nH]c23)sc2c1CCCC2. The molecule has 0 aliphatic heterocycles. The lowest BCUT2D eigenvalue weighted by atomic mass is 9.95. The lowest BCUT2D eigenvalue weighted by Gasteiger charge is -2.12. The van der Waals surface area contributed by atoms with Crippen LogP contribution in [0.25, 0.3) is 11.2 Å². The van der Waals surface area contributed by atoms with Crippen molar-refractivity contribution in [1.29, 1.82) is 0 Å². The first-order chi connectivity index (χ1) is 13.7. The third-order valence-electron chi connectivity index (χ3n) is 4.43. The van der Waals surface area contributed by atoms with Crippen LogP contribution in [0.4, 0.5) is 5.00 Å². The van der Waals surface area contributed by atoms with Crippen LogP contribution >= 0.6 is 23.1 Å². The van der Waals surface area contributed by atoms with Crippen molar-refractivity contribution in [3.8, 4) is 0 Å². The van der Waals surface area contributed by atoms with Gasteiger partial charge in [0.2, 0.25) is 5.91 Å². The first-order valence-electron chi connectivity index (χ1n) is 9.05. The normalized spacial score (nSPS) is 13.3. The molecule has 0 saturated carbocycles. The summed E-state index contributed by atoms with van der Waals surface area (Å²) >= 11 is 2.78. The standard InChI is InChI=1S/C18H19N5O3S2/c1-2-26-18(25)13-10-5-3-4-6-11(10)28-16(13)23-12(24)7-27-17-14-15(20-8-19-14)21-9-22-17/h8-9H,2-7H2,1H3,(H,23,24)(H,19,20,21,22). The Hall–Kier alpha value is -2.46. The van der Waals surface area contributed by atoms with Gasteiger partial charge in [0.25, 0.3) is 0 Å². The maximum atomic E-state index is 12.6. The molecule has 28 heavy (non-hydrogen) atoms. The second kappa shape index (κ2) is 8.27. The Bertz CT molecular complexity index is 1030. The van der Waals surface area contributed by atoms with Crippen LogP contribution in [-0.4, -0.2) is 44.2 Å². The molecule has 3 aromatic heterocycles. The predicted molar refractivity (Wildman–Crippen MR) is 108 cm³/mol. The summed E-state index contributed by atoms with van der Waals surface area (Å²) in [5.74, 6) is -0.393. The molecule has 4 rings (SSSR count). The van der Waals surface area contributed by atoms with E-state index in [1.807, 2.05) is 0 Å². The number of nitrogens with one attached hydrogen (secondary N) is 2. The number of rotatable bonds is 6. The van der Waals surface area contributed by atoms with E-state index in [0.717, 1.165) is 31.2 Å². The van der Waals surface area contributed by atoms with Crippen molar-refractivity contribution in [3.05, 3.63) is 28.7 Å². The molecule has 0 aromatic carbocycles. The summed E-state index contributed by atoms with van der Waals surface area (Å²) in [5, 5.41) is 4.16. The first-order valence-corrected chi connectivity index (χ1v) is 10.9. The lowest BCUT2D eigenvalue weighted by Crippen LogP contribution is -2.17. The third-order valence-corrected chi connectivity index (χ3v) is 6.63. The second-order valence-corrected chi connectivity index (χ2v) is 8.32. The van der Waals surface area contributed by atoms with E-state index < -0.39 is 0 Å². The molecule has 0 radical (unpaired) electrons. The van der Waals surface area contributed by atoms with Crippen molar-refractivity contribution in [2.45, 2.75) is 37.6 Å². The van der Waals surface area contributed by atoms with E-state index in [0.29, 0.717) is 33.4 Å². The summed E-state index contributed by atoms with van der Waals surface area (Å²) < 4.78 is 5.23. The maximum Gasteiger partial charge on any atom is 0.341 e. The Morgan fingerprint density at radius 2 is 2.14 bits per heavy atom. The number of imidazole rings is 1. The highest BCUT2D eigenvalue weighted by molar-refractivity contribution is 8.00. The number of hydrogen-bond acceptors (Lipinski definition) is 8. The number of amides is 1. The number of hydrogen-bond donors (Lipinski definition) is 2. The van der Waals surface area contributed by atoms with E-state index >= 15 is 0 Å². The smallest absolute Gasteiger partial charge is 0.341 e. The van der Waals surface area contributed by atoms with Gasteiger partial charge in [0.05, 0.1) is 24.3 Å². The van der Waals surface area contributed by atoms with Crippen LogP contribution in [0.1, 0.15) is 40.6 Å². The van der Waals surface area contributed by atoms with E-state index in [-0.39, 0.29) is 17.6 Å². The number of carbonyl (C=O) groups excluding carboxylic acids is 2. The van der Waals surface area contributed by atoms with E-state index in [1.54, 1.807) is 13.3 Å². The van der Waals surface area contributed by atoms with Gasteiger partial charge in [-0.05, 0) is 38.2 Å². The number of thioether (sulfide) groups is 1. The van der Waals surface area contributed by atoms with Crippen molar-refractivity contribution in [1.82, 2.24) is 19.9 Å². The van der Waals surface area contributed by atoms with Crippen molar-refractivity contribution in [2.75, 3.05) is 17.7 Å². The Morgan fingerprint density at radius 1 is 1.29 bits per heavy atom. The molecule has 1 amide bonds. The van der Waals surface area contributed by atoms with E-state index in [4.69, 9.17) is 4.74 Å². The van der Waals surface area contributed by atoms with Crippen molar-refractivity contribution in [3.63, 3.8) is 0 Å². The average molecular weight is 418 g/mol. The maximum absolute atomic E-state index is 12.6. The van der Waals surface area contributed by atoms with E-state index in [9.17, 15) is 9.59 Å². The van der Waals surface area contributed by atoms with Crippen molar-refractivity contribution in [2.24, 2.45) is 0 Å². The Labute approximate surface area is 169 Å². The van der Waals surface area contributed by atoms with Crippen LogP contribution in [0.3, 0.4) is 0 Å². The molecule has 0 bridgehead atoms. The summed E-state index contributed by atoms with van der Waals surface area (Å²) in [7, 11) is 0. The number of aromatic amines is 1. The van der Waals surface area contributed by atoms with Gasteiger partial charge in [-0.2, -0.15) is 0 Å². The Balaban J connectivity index is 1.50. The molecular weight excluding hydrogens is 398 g/mol. The Morgan fingerprint density at radius 3 is 3.00 bits per heavy atom. The summed E-state index contributed by atoms with van der Waals surface area (Å²) in [6, 6.07) is 0. The van der Waals surface area contributed by atoms with Gasteiger partial charge in [-0.1, -0.05) is 11.8 Å². The summed E-state index contributed by atoms with van der Waals surface area (Å²) in [4.78, 5) is 41.6. The number of nitrogens with zero attached hydrogens (tertiary/aromatic N) is 3. The van der Waals surface area contributed by atoms with Gasteiger partial charge >= 0.3 is 5.97 Å². The third kappa shape index (κ3) is 3.74. The summed E-state index contributed by atoms with van der Waals surface area (Å²) in [6.45, 7) is 2.09. The molecule has 0 fully saturated rings. The summed E-state index contributed by atoms with van der Waals surface area (Å²) in [6.07, 6.45) is 6.92. The second-order valence-electron chi connectivity index (χ2n) is 6.25. The number of esters is 1. The molecule has 0 saturated heterocycles. The van der Waals surface area contributed by atoms with Crippen LogP contribution in [0.5, 0.6) is 0 Å². The highest BCUT2D eigenvalue weighted by Gasteiger charge is 2.27. The van der Waals surface area contributed by atoms with Crippen molar-refractivity contribution >= 4 is 51.1 Å². The number of ether oxygens (including phenoxy) is 1. The number of fused-ring (bicyclic) bond motifs is 2. The fourth-order valence-corrected chi connectivity index (χ4v) is 5.27. The van der Waals surface area contributed by atoms with Crippen LogP contribution in [0.15, 0.2) is 17.7 Å². The fraction of sp³-hybridized carbons (Fsp3) is 0.389. The van der Waals surface area contributed by atoms with E-state index in [1.165, 1.54) is 34.3 Å². The van der Waals surface area contributed by atoms with Gasteiger partial charge in [-0.3, -0.25) is 4.79 Å². The fourth-order valence-electron chi connectivity index (χ4n) is 3.22. The van der Waals surface area contributed by atoms with Crippen LogP contribution in [-0.2, 0) is 22.4 Å². The Kier molecular flexibility index (Phi) is 5.58. The number of aryl methyl sites for hydroxylation is 1. The zero-order valence-electron chi connectivity index (χ0n) is 15.3. The minimum absolute atomic E-state index is 0.163. The molecule has 10 heteroatoms. The summed E-state index contributed by atoms with van der Waals surface area (Å²) in [5.41, 5.74) is 2.83. The number of carbonyl (C=O) groups is 2. The molecule has 0 spiro atoms. The molecular formula is C18H19N5O3S2. The largest absolute Gasteiger partial charge is 0.462 e. The van der Waals surface area contributed by atoms with Gasteiger partial charge < -0.3 is 15.0 Å². The molecule has 3 heterocycles. The quantitative estimate of drug-likeness (QED) is 0.360. The van der Waals surface area contributed by atoms with Gasteiger partial charge in [0.15, 0.2) is 5.65 Å². The monoisotopic (exact) mass is 417 g/mol. The van der Waals surface area contributed by atoms with Gasteiger partial charge in [-0.15, -0.1) is 11.3 Å². The molecule has 3 aromatic rings. The number of aromatic nitrogens is 4. The van der Waals surface area contributed by atoms with Gasteiger partial charge in [0, 0.05) is 4.88 Å². The highest BCUT2D eigenvalue weighted by atomic mass is 32.2. The van der Waals surface area contributed by atoms with Crippen LogP contribution < -0.4 is 5.32 Å².